The van der Waals surface area contributed by atoms with Gasteiger partial charge in [-0.05, 0) is 51.9 Å². The van der Waals surface area contributed by atoms with Crippen LogP contribution in [0.3, 0.4) is 0 Å². The van der Waals surface area contributed by atoms with E-state index in [1.165, 1.54) is 24.8 Å². The molecule has 0 bridgehead atoms. The molecule has 94 valence electrons. The van der Waals surface area contributed by atoms with Gasteiger partial charge in [0.1, 0.15) is 6.10 Å². The molecule has 0 aliphatic heterocycles. The number of halogens is 1. The minimum atomic E-state index is -0.689. The highest BCUT2D eigenvalue weighted by molar-refractivity contribution is 9.10. The Labute approximate surface area is 115 Å². The van der Waals surface area contributed by atoms with E-state index < -0.39 is 6.10 Å². The van der Waals surface area contributed by atoms with Gasteiger partial charge in [-0.2, -0.15) is 0 Å². The number of furan rings is 1. The van der Waals surface area contributed by atoms with E-state index in [-0.39, 0.29) is 0 Å². The van der Waals surface area contributed by atoms with Gasteiger partial charge >= 0.3 is 0 Å². The van der Waals surface area contributed by atoms with Crippen LogP contribution in [0.2, 0.25) is 0 Å². The fourth-order valence-corrected chi connectivity index (χ4v) is 2.91. The lowest BCUT2D eigenvalue weighted by molar-refractivity contribution is 0.185. The van der Waals surface area contributed by atoms with Gasteiger partial charge in [-0.15, -0.1) is 0 Å². The standard InChI is InChI=1S/C15H15BrO2/c16-13-8-9-18-15(13)14(17)12-7-2-1-6-11(12)10-4-3-5-10/h1-2,6-10,14,17H,3-5H2. The zero-order valence-corrected chi connectivity index (χ0v) is 11.6. The van der Waals surface area contributed by atoms with Gasteiger partial charge in [0.15, 0.2) is 5.76 Å². The first kappa shape index (κ1) is 12.0. The van der Waals surface area contributed by atoms with Gasteiger partial charge in [-0.25, -0.2) is 0 Å². The van der Waals surface area contributed by atoms with Crippen molar-refractivity contribution in [3.05, 3.63) is 58.0 Å². The lowest BCUT2D eigenvalue weighted by Crippen LogP contribution is -2.13. The van der Waals surface area contributed by atoms with Gasteiger partial charge in [-0.1, -0.05) is 30.7 Å². The summed E-state index contributed by atoms with van der Waals surface area (Å²) in [6.45, 7) is 0. The molecule has 0 spiro atoms. The minimum absolute atomic E-state index is 0.585. The summed E-state index contributed by atoms with van der Waals surface area (Å²) in [6, 6.07) is 9.94. The molecule has 18 heavy (non-hydrogen) atoms. The molecule has 2 aromatic rings. The molecule has 1 N–H and O–H groups in total. The molecule has 0 amide bonds. The summed E-state index contributed by atoms with van der Waals surface area (Å²) in [4.78, 5) is 0. The van der Waals surface area contributed by atoms with Gasteiger partial charge in [0.25, 0.3) is 0 Å². The van der Waals surface area contributed by atoms with Crippen LogP contribution < -0.4 is 0 Å². The number of hydrogen-bond acceptors (Lipinski definition) is 2. The summed E-state index contributed by atoms with van der Waals surface area (Å²) in [5, 5.41) is 10.5. The molecule has 3 rings (SSSR count). The van der Waals surface area contributed by atoms with Crippen molar-refractivity contribution in [2.24, 2.45) is 0 Å². The Hall–Kier alpha value is -1.06. The molecule has 1 unspecified atom stereocenters. The molecule has 1 saturated carbocycles. The molecular formula is C15H15BrO2. The quantitative estimate of drug-likeness (QED) is 0.912. The highest BCUT2D eigenvalue weighted by Crippen LogP contribution is 2.41. The van der Waals surface area contributed by atoms with E-state index >= 15 is 0 Å². The fourth-order valence-electron chi connectivity index (χ4n) is 2.49. The second-order valence-electron chi connectivity index (χ2n) is 4.79. The van der Waals surface area contributed by atoms with E-state index in [1.807, 2.05) is 24.3 Å². The lowest BCUT2D eigenvalue weighted by atomic mass is 9.77. The maximum absolute atomic E-state index is 10.5. The zero-order valence-electron chi connectivity index (χ0n) is 9.97. The molecule has 1 heterocycles. The average Bonchev–Trinajstić information content (AvgIpc) is 2.73. The molecule has 3 heteroatoms. The molecule has 2 nitrogen and oxygen atoms in total. The van der Waals surface area contributed by atoms with Gasteiger partial charge in [0.05, 0.1) is 10.7 Å². The first-order valence-corrected chi connectivity index (χ1v) is 7.06. The number of aliphatic hydroxyl groups excluding tert-OH is 1. The van der Waals surface area contributed by atoms with Gasteiger partial charge in [0.2, 0.25) is 0 Å². The molecule has 1 aliphatic rings. The topological polar surface area (TPSA) is 33.4 Å². The molecule has 1 aromatic heterocycles. The Balaban J connectivity index is 1.98. The van der Waals surface area contributed by atoms with E-state index in [2.05, 4.69) is 22.0 Å². The van der Waals surface area contributed by atoms with Crippen molar-refractivity contribution in [2.45, 2.75) is 31.3 Å². The maximum atomic E-state index is 10.5. The Morgan fingerprint density at radius 2 is 2.00 bits per heavy atom. The summed E-state index contributed by atoms with van der Waals surface area (Å²) in [7, 11) is 0. The lowest BCUT2D eigenvalue weighted by Gasteiger charge is -2.29. The van der Waals surface area contributed by atoms with Crippen molar-refractivity contribution in [1.29, 1.82) is 0 Å². The van der Waals surface area contributed by atoms with E-state index in [0.717, 1.165) is 10.0 Å². The summed E-state index contributed by atoms with van der Waals surface area (Å²) in [5.41, 5.74) is 2.23. The van der Waals surface area contributed by atoms with Crippen molar-refractivity contribution >= 4 is 15.9 Å². The smallest absolute Gasteiger partial charge is 0.150 e. The monoisotopic (exact) mass is 306 g/mol. The van der Waals surface area contributed by atoms with Gasteiger partial charge < -0.3 is 9.52 Å². The highest BCUT2D eigenvalue weighted by Gasteiger charge is 2.26. The van der Waals surface area contributed by atoms with Crippen LogP contribution in [0, 0.1) is 0 Å². The van der Waals surface area contributed by atoms with Crippen molar-refractivity contribution < 1.29 is 9.52 Å². The van der Waals surface area contributed by atoms with Crippen LogP contribution in [-0.2, 0) is 0 Å². The molecule has 1 aliphatic carbocycles. The number of benzene rings is 1. The van der Waals surface area contributed by atoms with Crippen molar-refractivity contribution in [3.63, 3.8) is 0 Å². The molecular weight excluding hydrogens is 292 g/mol. The second kappa shape index (κ2) is 4.90. The third-order valence-corrected chi connectivity index (χ3v) is 4.38. The number of hydrogen-bond donors (Lipinski definition) is 1. The van der Waals surface area contributed by atoms with Crippen LogP contribution in [0.1, 0.15) is 48.2 Å². The summed E-state index contributed by atoms with van der Waals surface area (Å²) in [5.74, 6) is 1.19. The summed E-state index contributed by atoms with van der Waals surface area (Å²) < 4.78 is 6.19. The minimum Gasteiger partial charge on any atom is -0.465 e. The Morgan fingerprint density at radius 1 is 1.22 bits per heavy atom. The first-order chi connectivity index (χ1) is 8.77. The van der Waals surface area contributed by atoms with Crippen LogP contribution in [0.15, 0.2) is 45.5 Å². The van der Waals surface area contributed by atoms with Crippen LogP contribution in [0.4, 0.5) is 0 Å². The van der Waals surface area contributed by atoms with Crippen molar-refractivity contribution in [1.82, 2.24) is 0 Å². The third-order valence-electron chi connectivity index (χ3n) is 3.73. The fraction of sp³-hybridized carbons (Fsp3) is 0.333. The SMILES string of the molecule is OC(c1ccccc1C1CCC1)c1occc1Br. The van der Waals surface area contributed by atoms with Crippen LogP contribution in [0.25, 0.3) is 0 Å². The van der Waals surface area contributed by atoms with Gasteiger partial charge in [0, 0.05) is 0 Å². The predicted molar refractivity (Wildman–Crippen MR) is 73.5 cm³/mol. The molecule has 1 fully saturated rings. The van der Waals surface area contributed by atoms with Crippen LogP contribution >= 0.6 is 15.9 Å². The Morgan fingerprint density at radius 3 is 2.61 bits per heavy atom. The van der Waals surface area contributed by atoms with Gasteiger partial charge in [-0.3, -0.25) is 0 Å². The molecule has 1 aromatic carbocycles. The molecule has 1 atom stereocenters. The molecule has 0 radical (unpaired) electrons. The van der Waals surface area contributed by atoms with E-state index in [4.69, 9.17) is 4.42 Å². The number of rotatable bonds is 3. The van der Waals surface area contributed by atoms with Crippen LogP contribution in [0.5, 0.6) is 0 Å². The Kier molecular flexibility index (Phi) is 3.27. The summed E-state index contributed by atoms with van der Waals surface area (Å²) >= 11 is 3.40. The average molecular weight is 307 g/mol. The van der Waals surface area contributed by atoms with E-state index in [9.17, 15) is 5.11 Å². The zero-order chi connectivity index (χ0) is 12.5. The predicted octanol–water partition coefficient (Wildman–Crippen LogP) is 4.39. The second-order valence-corrected chi connectivity index (χ2v) is 5.65. The van der Waals surface area contributed by atoms with Crippen molar-refractivity contribution in [3.8, 4) is 0 Å². The van der Waals surface area contributed by atoms with Crippen molar-refractivity contribution in [2.75, 3.05) is 0 Å². The third kappa shape index (κ3) is 2.02. The largest absolute Gasteiger partial charge is 0.465 e. The normalized spacial score (nSPS) is 17.4. The van der Waals surface area contributed by atoms with E-state index in [0.29, 0.717) is 11.7 Å². The maximum Gasteiger partial charge on any atom is 0.150 e. The first-order valence-electron chi connectivity index (χ1n) is 6.27. The highest BCUT2D eigenvalue weighted by atomic mass is 79.9. The molecule has 0 saturated heterocycles. The van der Waals surface area contributed by atoms with E-state index in [1.54, 1.807) is 6.26 Å². The Bertz CT molecular complexity index is 543. The number of aliphatic hydroxyl groups is 1. The summed E-state index contributed by atoms with van der Waals surface area (Å²) in [6.07, 6.45) is 4.64. The van der Waals surface area contributed by atoms with Crippen LogP contribution in [-0.4, -0.2) is 5.11 Å².